The van der Waals surface area contributed by atoms with Crippen molar-refractivity contribution in [2.24, 2.45) is 0 Å². The van der Waals surface area contributed by atoms with Gasteiger partial charge in [-0.2, -0.15) is 5.26 Å². The summed E-state index contributed by atoms with van der Waals surface area (Å²) < 4.78 is 0. The molecule has 0 heterocycles. The van der Waals surface area contributed by atoms with E-state index in [4.69, 9.17) is 10.2 Å². The van der Waals surface area contributed by atoms with Crippen LogP contribution in [0.2, 0.25) is 0 Å². The Hall–Kier alpha value is -2.35. The van der Waals surface area contributed by atoms with Gasteiger partial charge in [0.25, 0.3) is 0 Å². The van der Waals surface area contributed by atoms with Gasteiger partial charge in [-0.1, -0.05) is 42.5 Å². The smallest absolute Gasteiger partial charge is 0.0962 e. The molecule has 114 valence electrons. The van der Waals surface area contributed by atoms with Crippen LogP contribution in [0.15, 0.2) is 54.6 Å². The summed E-state index contributed by atoms with van der Waals surface area (Å²) in [4.78, 5) is 1.91. The monoisotopic (exact) mass is 296 g/mol. The third-order valence-corrected chi connectivity index (χ3v) is 3.59. The van der Waals surface area contributed by atoms with Gasteiger partial charge < -0.3 is 15.1 Å². The van der Waals surface area contributed by atoms with Gasteiger partial charge in [-0.25, -0.2) is 0 Å². The molecule has 1 atom stereocenters. The normalized spacial score (nSPS) is 11.7. The molecule has 0 amide bonds. The number of nitrogens with zero attached hydrogens (tertiary/aromatic N) is 2. The molecule has 0 saturated heterocycles. The molecular formula is C18H20N2O2. The molecular weight excluding hydrogens is 276 g/mol. The molecule has 0 bridgehead atoms. The lowest BCUT2D eigenvalue weighted by molar-refractivity contribution is 0.281. The van der Waals surface area contributed by atoms with E-state index in [1.807, 2.05) is 59.5 Å². The minimum Gasteiger partial charge on any atom is -0.395 e. The first-order chi connectivity index (χ1) is 10.8. The molecule has 0 aliphatic heterocycles. The summed E-state index contributed by atoms with van der Waals surface area (Å²) in [6, 6.07) is 19.7. The Morgan fingerprint density at radius 1 is 0.864 bits per heavy atom. The number of hydrogen-bond donors (Lipinski definition) is 2. The van der Waals surface area contributed by atoms with Crippen LogP contribution >= 0.6 is 0 Å². The zero-order valence-corrected chi connectivity index (χ0v) is 12.4. The third-order valence-electron chi connectivity index (χ3n) is 3.59. The van der Waals surface area contributed by atoms with Gasteiger partial charge in [0.15, 0.2) is 0 Å². The Kier molecular flexibility index (Phi) is 5.96. The minimum absolute atomic E-state index is 0.0343. The summed E-state index contributed by atoms with van der Waals surface area (Å²) in [5, 5.41) is 27.6. The van der Waals surface area contributed by atoms with Crippen molar-refractivity contribution in [3.8, 4) is 6.07 Å². The standard InChI is InChI=1S/C18H20N2O2/c19-14-18(15-4-2-1-3-5-15)16-6-8-17(9-7-16)20(10-12-21)11-13-22/h1-9,18,21-22H,10-13H2/t18-/m0/s1. The summed E-state index contributed by atoms with van der Waals surface area (Å²) in [6.07, 6.45) is 0. The van der Waals surface area contributed by atoms with E-state index in [9.17, 15) is 5.26 Å². The average molecular weight is 296 g/mol. The third kappa shape index (κ3) is 3.85. The Bertz CT molecular complexity index is 599. The highest BCUT2D eigenvalue weighted by Gasteiger charge is 2.13. The van der Waals surface area contributed by atoms with Crippen LogP contribution in [0, 0.1) is 11.3 Å². The van der Waals surface area contributed by atoms with Crippen LogP contribution in [-0.2, 0) is 0 Å². The quantitative estimate of drug-likeness (QED) is 0.821. The van der Waals surface area contributed by atoms with Gasteiger partial charge in [0, 0.05) is 18.8 Å². The molecule has 22 heavy (non-hydrogen) atoms. The highest BCUT2D eigenvalue weighted by atomic mass is 16.3. The van der Waals surface area contributed by atoms with Gasteiger partial charge in [-0.15, -0.1) is 0 Å². The topological polar surface area (TPSA) is 67.5 Å². The zero-order chi connectivity index (χ0) is 15.8. The maximum atomic E-state index is 9.45. The second-order valence-corrected chi connectivity index (χ2v) is 5.00. The molecule has 0 radical (unpaired) electrons. The highest BCUT2D eigenvalue weighted by Crippen LogP contribution is 2.26. The summed E-state index contributed by atoms with van der Waals surface area (Å²) in [5.74, 6) is -0.292. The molecule has 0 saturated carbocycles. The minimum atomic E-state index is -0.292. The van der Waals surface area contributed by atoms with Crippen LogP contribution in [0.25, 0.3) is 0 Å². The summed E-state index contributed by atoms with van der Waals surface area (Å²) in [6.45, 7) is 1.01. The van der Waals surface area contributed by atoms with Crippen LogP contribution < -0.4 is 4.90 Å². The van der Waals surface area contributed by atoms with Crippen molar-refractivity contribution >= 4 is 5.69 Å². The molecule has 4 nitrogen and oxygen atoms in total. The molecule has 0 fully saturated rings. The fourth-order valence-corrected chi connectivity index (χ4v) is 2.48. The van der Waals surface area contributed by atoms with E-state index in [1.165, 1.54) is 0 Å². The zero-order valence-electron chi connectivity index (χ0n) is 12.4. The molecule has 0 spiro atoms. The summed E-state index contributed by atoms with van der Waals surface area (Å²) >= 11 is 0. The first kappa shape index (κ1) is 16.0. The first-order valence-electron chi connectivity index (χ1n) is 7.31. The number of rotatable bonds is 7. The number of nitriles is 1. The maximum Gasteiger partial charge on any atom is 0.0962 e. The number of anilines is 1. The lowest BCUT2D eigenvalue weighted by Gasteiger charge is -2.23. The van der Waals surface area contributed by atoms with Crippen molar-refractivity contribution in [1.82, 2.24) is 0 Å². The predicted molar refractivity (Wildman–Crippen MR) is 86.7 cm³/mol. The number of aliphatic hydroxyl groups excluding tert-OH is 2. The first-order valence-corrected chi connectivity index (χ1v) is 7.31. The lowest BCUT2D eigenvalue weighted by atomic mass is 9.92. The van der Waals surface area contributed by atoms with Gasteiger partial charge in [0.05, 0.1) is 25.2 Å². The Labute approximate surface area is 130 Å². The van der Waals surface area contributed by atoms with E-state index in [0.29, 0.717) is 13.1 Å². The fraction of sp³-hybridized carbons (Fsp3) is 0.278. The molecule has 0 aliphatic rings. The number of aliphatic hydroxyl groups is 2. The Morgan fingerprint density at radius 2 is 1.41 bits per heavy atom. The maximum absolute atomic E-state index is 9.45. The highest BCUT2D eigenvalue weighted by molar-refractivity contribution is 5.50. The van der Waals surface area contributed by atoms with Crippen LogP contribution in [-0.4, -0.2) is 36.5 Å². The van der Waals surface area contributed by atoms with Crippen LogP contribution in [0.4, 0.5) is 5.69 Å². The van der Waals surface area contributed by atoms with Crippen molar-refractivity contribution < 1.29 is 10.2 Å². The summed E-state index contributed by atoms with van der Waals surface area (Å²) in [5.41, 5.74) is 2.84. The number of hydrogen-bond acceptors (Lipinski definition) is 4. The molecule has 2 aromatic carbocycles. The van der Waals surface area contributed by atoms with Crippen molar-refractivity contribution in [2.75, 3.05) is 31.2 Å². The van der Waals surface area contributed by atoms with Crippen molar-refractivity contribution in [1.29, 1.82) is 5.26 Å². The van der Waals surface area contributed by atoms with Crippen molar-refractivity contribution in [3.63, 3.8) is 0 Å². The Balaban J connectivity index is 2.22. The van der Waals surface area contributed by atoms with E-state index >= 15 is 0 Å². The molecule has 2 aromatic rings. The van der Waals surface area contributed by atoms with Gasteiger partial charge in [-0.05, 0) is 23.3 Å². The molecule has 0 unspecified atom stereocenters. The van der Waals surface area contributed by atoms with Crippen molar-refractivity contribution in [3.05, 3.63) is 65.7 Å². The molecule has 0 aromatic heterocycles. The van der Waals surface area contributed by atoms with E-state index in [-0.39, 0.29) is 19.1 Å². The fourth-order valence-electron chi connectivity index (χ4n) is 2.48. The second kappa shape index (κ2) is 8.18. The van der Waals surface area contributed by atoms with E-state index < -0.39 is 0 Å². The molecule has 4 heteroatoms. The average Bonchev–Trinajstić information content (AvgIpc) is 2.57. The van der Waals surface area contributed by atoms with Gasteiger partial charge in [0.1, 0.15) is 0 Å². The van der Waals surface area contributed by atoms with E-state index in [2.05, 4.69) is 6.07 Å². The van der Waals surface area contributed by atoms with E-state index in [1.54, 1.807) is 0 Å². The second-order valence-electron chi connectivity index (χ2n) is 5.00. The van der Waals surface area contributed by atoms with Crippen molar-refractivity contribution in [2.45, 2.75) is 5.92 Å². The SMILES string of the molecule is N#C[C@@H](c1ccccc1)c1ccc(N(CCO)CCO)cc1. The largest absolute Gasteiger partial charge is 0.395 e. The predicted octanol–water partition coefficient (Wildman–Crippen LogP) is 2.13. The molecule has 0 aliphatic carbocycles. The van der Waals surface area contributed by atoms with E-state index in [0.717, 1.165) is 16.8 Å². The number of benzene rings is 2. The van der Waals surface area contributed by atoms with Crippen LogP contribution in [0.5, 0.6) is 0 Å². The molecule has 2 N–H and O–H groups in total. The lowest BCUT2D eigenvalue weighted by Crippen LogP contribution is -2.29. The van der Waals surface area contributed by atoms with Crippen LogP contribution in [0.1, 0.15) is 17.0 Å². The molecule has 2 rings (SSSR count). The van der Waals surface area contributed by atoms with Gasteiger partial charge in [-0.3, -0.25) is 0 Å². The summed E-state index contributed by atoms with van der Waals surface area (Å²) in [7, 11) is 0. The van der Waals surface area contributed by atoms with Gasteiger partial charge >= 0.3 is 0 Å². The van der Waals surface area contributed by atoms with Crippen LogP contribution in [0.3, 0.4) is 0 Å². The Morgan fingerprint density at radius 3 is 1.91 bits per heavy atom. The van der Waals surface area contributed by atoms with Gasteiger partial charge in [0.2, 0.25) is 0 Å².